The number of nitrogens with zero attached hydrogens (tertiary/aromatic N) is 2. The van der Waals surface area contributed by atoms with Crippen LogP contribution in [0.15, 0.2) is 55.3 Å². The highest BCUT2D eigenvalue weighted by Gasteiger charge is 2.15. The molecule has 1 aromatic heterocycles. The fourth-order valence-corrected chi connectivity index (χ4v) is 2.90. The summed E-state index contributed by atoms with van der Waals surface area (Å²) in [5, 5.41) is 10.8. The van der Waals surface area contributed by atoms with Crippen LogP contribution in [0, 0.1) is 0 Å². The van der Waals surface area contributed by atoms with Gasteiger partial charge < -0.3 is 14.2 Å². The van der Waals surface area contributed by atoms with Crippen molar-refractivity contribution < 1.29 is 14.2 Å². The van der Waals surface area contributed by atoms with E-state index in [9.17, 15) is 0 Å². The third-order valence-corrected chi connectivity index (χ3v) is 4.39. The molecule has 150 valence electrons. The third-order valence-electron chi connectivity index (χ3n) is 4.39. The summed E-state index contributed by atoms with van der Waals surface area (Å²) in [4.78, 5) is 0. The lowest BCUT2D eigenvalue weighted by Gasteiger charge is -2.12. The molecule has 0 radical (unpaired) electrons. The predicted octanol–water partition coefficient (Wildman–Crippen LogP) is 5.00. The maximum absolute atomic E-state index is 5.73. The minimum absolute atomic E-state index is 0.668. The van der Waals surface area contributed by atoms with Crippen molar-refractivity contribution in [2.75, 3.05) is 20.8 Å². The molecule has 0 aliphatic rings. The number of ether oxygens (including phenoxy) is 3. The Bertz CT molecular complexity index is 948. The molecule has 0 amide bonds. The number of unbranched alkanes of at least 4 members (excludes halogenated alkanes) is 1. The van der Waals surface area contributed by atoms with Crippen LogP contribution >= 0.6 is 0 Å². The van der Waals surface area contributed by atoms with E-state index in [0.29, 0.717) is 23.8 Å². The number of allylic oxidation sites excluding steroid dienone is 1. The molecule has 0 atom stereocenters. The van der Waals surface area contributed by atoms with E-state index in [-0.39, 0.29) is 0 Å². The smallest absolute Gasteiger partial charge is 0.132 e. The van der Waals surface area contributed by atoms with Gasteiger partial charge in [-0.05, 0) is 42.2 Å². The Labute approximate surface area is 170 Å². The molecule has 0 aliphatic heterocycles. The Morgan fingerprint density at radius 1 is 1.03 bits per heavy atom. The van der Waals surface area contributed by atoms with Crippen molar-refractivity contribution in [3.63, 3.8) is 0 Å². The average Bonchev–Trinajstić information content (AvgIpc) is 3.29. The number of benzene rings is 2. The highest BCUT2D eigenvalue weighted by molar-refractivity contribution is 5.84. The van der Waals surface area contributed by atoms with Gasteiger partial charge in [0.15, 0.2) is 0 Å². The lowest BCUT2D eigenvalue weighted by Crippen LogP contribution is -1.96. The van der Waals surface area contributed by atoms with Gasteiger partial charge in [0.1, 0.15) is 22.9 Å². The van der Waals surface area contributed by atoms with E-state index in [1.54, 1.807) is 20.4 Å². The second kappa shape index (κ2) is 10.1. The summed E-state index contributed by atoms with van der Waals surface area (Å²) in [6.45, 7) is 4.40. The molecule has 1 heterocycles. The van der Waals surface area contributed by atoms with E-state index in [2.05, 4.69) is 22.0 Å². The number of nitrogens with one attached hydrogen (secondary N) is 1. The molecule has 6 nitrogen and oxygen atoms in total. The lowest BCUT2D eigenvalue weighted by molar-refractivity contribution is 0.312. The number of methoxy groups -OCH3 is 2. The van der Waals surface area contributed by atoms with Crippen LogP contribution in [0.3, 0.4) is 0 Å². The standard InChI is InChI=1S/C23H25N3O3/c1-4-5-6-13-29-19-11-8-17(9-12-19)7-10-18-14-20(27-2)15-22(28-3)23(18)21-16-24-26-25-21/h4,7-12,14-16H,1,5-6,13H2,2-3H3,(H,24,25,26)/b10-7+. The number of H-pyrrole nitrogens is 1. The third kappa shape index (κ3) is 5.25. The van der Waals surface area contributed by atoms with Gasteiger partial charge in [-0.25, -0.2) is 0 Å². The molecule has 29 heavy (non-hydrogen) atoms. The van der Waals surface area contributed by atoms with Gasteiger partial charge in [-0.2, -0.15) is 15.4 Å². The van der Waals surface area contributed by atoms with Crippen LogP contribution in [-0.2, 0) is 0 Å². The van der Waals surface area contributed by atoms with E-state index >= 15 is 0 Å². The molecule has 0 unspecified atom stereocenters. The van der Waals surface area contributed by atoms with Crippen LogP contribution in [0.5, 0.6) is 17.2 Å². The Morgan fingerprint density at radius 2 is 1.86 bits per heavy atom. The van der Waals surface area contributed by atoms with E-state index in [1.165, 1.54) is 0 Å². The van der Waals surface area contributed by atoms with E-state index in [1.807, 2.05) is 54.6 Å². The van der Waals surface area contributed by atoms with Crippen molar-refractivity contribution >= 4 is 12.2 Å². The fourth-order valence-electron chi connectivity index (χ4n) is 2.90. The van der Waals surface area contributed by atoms with Crippen molar-refractivity contribution in [1.29, 1.82) is 0 Å². The topological polar surface area (TPSA) is 69.3 Å². The maximum Gasteiger partial charge on any atom is 0.132 e. The van der Waals surface area contributed by atoms with E-state index < -0.39 is 0 Å². The van der Waals surface area contributed by atoms with Crippen molar-refractivity contribution in [1.82, 2.24) is 15.4 Å². The Hall–Kier alpha value is -3.54. The van der Waals surface area contributed by atoms with Gasteiger partial charge in [0.05, 0.1) is 32.6 Å². The predicted molar refractivity (Wildman–Crippen MR) is 115 cm³/mol. The van der Waals surface area contributed by atoms with Crippen LogP contribution < -0.4 is 14.2 Å². The summed E-state index contributed by atoms with van der Waals surface area (Å²) >= 11 is 0. The Balaban J connectivity index is 1.83. The first-order valence-corrected chi connectivity index (χ1v) is 9.39. The molecule has 2 aromatic carbocycles. The summed E-state index contributed by atoms with van der Waals surface area (Å²) in [6, 6.07) is 11.8. The minimum atomic E-state index is 0.668. The van der Waals surface area contributed by atoms with Crippen LogP contribution in [0.4, 0.5) is 0 Å². The van der Waals surface area contributed by atoms with Gasteiger partial charge >= 0.3 is 0 Å². The summed E-state index contributed by atoms with van der Waals surface area (Å²) < 4.78 is 16.7. The fraction of sp³-hybridized carbons (Fsp3) is 0.217. The van der Waals surface area contributed by atoms with Crippen molar-refractivity contribution in [3.8, 4) is 28.5 Å². The largest absolute Gasteiger partial charge is 0.497 e. The van der Waals surface area contributed by atoms with Gasteiger partial charge in [0, 0.05) is 6.07 Å². The zero-order valence-electron chi connectivity index (χ0n) is 16.7. The molecule has 0 saturated carbocycles. The quantitative estimate of drug-likeness (QED) is 0.299. The maximum atomic E-state index is 5.73. The number of hydrogen-bond donors (Lipinski definition) is 1. The number of aromatic nitrogens is 3. The van der Waals surface area contributed by atoms with Crippen LogP contribution in [0.25, 0.3) is 23.4 Å². The van der Waals surface area contributed by atoms with Crippen LogP contribution in [0.2, 0.25) is 0 Å². The van der Waals surface area contributed by atoms with Crippen LogP contribution in [-0.4, -0.2) is 36.2 Å². The molecule has 3 rings (SSSR count). The first kappa shape index (κ1) is 20.2. The molecule has 0 fully saturated rings. The van der Waals surface area contributed by atoms with Gasteiger partial charge in [-0.1, -0.05) is 30.4 Å². The lowest BCUT2D eigenvalue weighted by atomic mass is 10.0. The summed E-state index contributed by atoms with van der Waals surface area (Å²) in [7, 11) is 3.26. The number of rotatable bonds is 10. The number of aromatic amines is 1. The Morgan fingerprint density at radius 3 is 2.52 bits per heavy atom. The zero-order valence-corrected chi connectivity index (χ0v) is 16.7. The van der Waals surface area contributed by atoms with Gasteiger partial charge in [0.25, 0.3) is 0 Å². The van der Waals surface area contributed by atoms with Crippen molar-refractivity contribution in [2.24, 2.45) is 0 Å². The first-order chi connectivity index (χ1) is 14.2. The molecule has 3 aromatic rings. The first-order valence-electron chi connectivity index (χ1n) is 9.39. The van der Waals surface area contributed by atoms with Crippen LogP contribution in [0.1, 0.15) is 24.0 Å². The molecule has 0 bridgehead atoms. The number of hydrogen-bond acceptors (Lipinski definition) is 5. The normalized spacial score (nSPS) is 10.8. The second-order valence-corrected chi connectivity index (χ2v) is 6.33. The molecule has 6 heteroatoms. The highest BCUT2D eigenvalue weighted by atomic mass is 16.5. The average molecular weight is 391 g/mol. The van der Waals surface area contributed by atoms with Gasteiger partial charge in [-0.3, -0.25) is 0 Å². The molecule has 0 spiro atoms. The van der Waals surface area contributed by atoms with Gasteiger partial charge in [0.2, 0.25) is 0 Å². The van der Waals surface area contributed by atoms with Gasteiger partial charge in [-0.15, -0.1) is 6.58 Å². The van der Waals surface area contributed by atoms with E-state index in [4.69, 9.17) is 14.2 Å². The second-order valence-electron chi connectivity index (χ2n) is 6.33. The SMILES string of the molecule is C=CCCCOc1ccc(/C=C/c2cc(OC)cc(OC)c2-c2cn[nH]n2)cc1. The zero-order chi connectivity index (χ0) is 20.5. The molecule has 0 aliphatic carbocycles. The molecular weight excluding hydrogens is 366 g/mol. The monoisotopic (exact) mass is 391 g/mol. The molecular formula is C23H25N3O3. The molecule has 1 N–H and O–H groups in total. The van der Waals surface area contributed by atoms with E-state index in [0.717, 1.165) is 35.3 Å². The summed E-state index contributed by atoms with van der Waals surface area (Å²) in [6.07, 6.45) is 9.53. The summed E-state index contributed by atoms with van der Waals surface area (Å²) in [5.41, 5.74) is 3.52. The highest BCUT2D eigenvalue weighted by Crippen LogP contribution is 2.36. The van der Waals surface area contributed by atoms with Crippen molar-refractivity contribution in [3.05, 3.63) is 66.4 Å². The van der Waals surface area contributed by atoms with Crippen molar-refractivity contribution in [2.45, 2.75) is 12.8 Å². The molecule has 0 saturated heterocycles. The minimum Gasteiger partial charge on any atom is -0.497 e. The Kier molecular flexibility index (Phi) is 7.05. The summed E-state index contributed by atoms with van der Waals surface area (Å²) in [5.74, 6) is 2.23.